The topological polar surface area (TPSA) is 59.2 Å². The Morgan fingerprint density at radius 2 is 2.22 bits per heavy atom. The van der Waals surface area contributed by atoms with Crippen LogP contribution in [0.4, 0.5) is 0 Å². The van der Waals surface area contributed by atoms with E-state index < -0.39 is 0 Å². The molecular weight excluding hydrogens is 290 g/mol. The fourth-order valence-electron chi connectivity index (χ4n) is 3.25. The zero-order chi connectivity index (χ0) is 15.8. The van der Waals surface area contributed by atoms with E-state index in [1.807, 2.05) is 36.1 Å². The molecule has 1 aromatic heterocycles. The largest absolute Gasteiger partial charge is 0.339 e. The molecule has 120 valence electrons. The monoisotopic (exact) mass is 311 g/mol. The van der Waals surface area contributed by atoms with Crippen molar-refractivity contribution in [2.24, 2.45) is 5.92 Å². The van der Waals surface area contributed by atoms with E-state index in [4.69, 9.17) is 4.52 Å². The van der Waals surface area contributed by atoms with Crippen LogP contribution in [0.3, 0.4) is 0 Å². The Morgan fingerprint density at radius 1 is 1.35 bits per heavy atom. The molecule has 1 atom stereocenters. The van der Waals surface area contributed by atoms with Gasteiger partial charge in [-0.25, -0.2) is 0 Å². The van der Waals surface area contributed by atoms with Crippen molar-refractivity contribution in [1.29, 1.82) is 0 Å². The van der Waals surface area contributed by atoms with E-state index in [1.54, 1.807) is 0 Å². The van der Waals surface area contributed by atoms with Gasteiger partial charge in [0.05, 0.1) is 0 Å². The zero-order valence-corrected chi connectivity index (χ0v) is 13.4. The summed E-state index contributed by atoms with van der Waals surface area (Å²) in [7, 11) is 0. The third kappa shape index (κ3) is 3.14. The van der Waals surface area contributed by atoms with Crippen molar-refractivity contribution in [3.8, 4) is 0 Å². The third-order valence-corrected chi connectivity index (χ3v) is 4.72. The molecule has 1 saturated carbocycles. The molecule has 0 bridgehead atoms. The van der Waals surface area contributed by atoms with Gasteiger partial charge in [-0.1, -0.05) is 22.9 Å². The molecule has 1 aliphatic carbocycles. The van der Waals surface area contributed by atoms with E-state index in [2.05, 4.69) is 10.1 Å². The lowest BCUT2D eigenvalue weighted by Gasteiger charge is -2.16. The summed E-state index contributed by atoms with van der Waals surface area (Å²) in [5, 5.41) is 4.09. The standard InChI is InChI=1S/C18H21N3O2/c1-12-3-2-4-15(9-12)18(22)21-8-7-13(11-21)10-16-19-17(23-20-16)14-5-6-14/h2-4,9,13-14H,5-8,10-11H2,1H3. The van der Waals surface area contributed by atoms with Gasteiger partial charge < -0.3 is 9.42 Å². The smallest absolute Gasteiger partial charge is 0.253 e. The van der Waals surface area contributed by atoms with Crippen LogP contribution >= 0.6 is 0 Å². The number of hydrogen-bond donors (Lipinski definition) is 0. The molecule has 1 saturated heterocycles. The van der Waals surface area contributed by atoms with Crippen molar-refractivity contribution in [2.75, 3.05) is 13.1 Å². The molecule has 23 heavy (non-hydrogen) atoms. The second kappa shape index (κ2) is 5.80. The minimum atomic E-state index is 0.128. The van der Waals surface area contributed by atoms with Gasteiger partial charge in [0.15, 0.2) is 5.82 Å². The summed E-state index contributed by atoms with van der Waals surface area (Å²) >= 11 is 0. The van der Waals surface area contributed by atoms with Crippen LogP contribution in [-0.2, 0) is 6.42 Å². The van der Waals surface area contributed by atoms with Crippen molar-refractivity contribution in [1.82, 2.24) is 15.0 Å². The highest BCUT2D eigenvalue weighted by atomic mass is 16.5. The maximum absolute atomic E-state index is 12.6. The van der Waals surface area contributed by atoms with Gasteiger partial charge >= 0.3 is 0 Å². The van der Waals surface area contributed by atoms with Gasteiger partial charge in [-0.05, 0) is 44.2 Å². The van der Waals surface area contributed by atoms with Gasteiger partial charge in [0.2, 0.25) is 5.89 Å². The Balaban J connectivity index is 1.37. The molecular formula is C18H21N3O2. The number of likely N-dealkylation sites (tertiary alicyclic amines) is 1. The number of aryl methyl sites for hydroxylation is 1. The van der Waals surface area contributed by atoms with Gasteiger partial charge in [-0.3, -0.25) is 4.79 Å². The Morgan fingerprint density at radius 3 is 3.00 bits per heavy atom. The molecule has 0 spiro atoms. The van der Waals surface area contributed by atoms with Gasteiger partial charge in [0, 0.05) is 31.0 Å². The van der Waals surface area contributed by atoms with Crippen molar-refractivity contribution < 1.29 is 9.32 Å². The Bertz CT molecular complexity index is 721. The van der Waals surface area contributed by atoms with Crippen LogP contribution < -0.4 is 0 Å². The maximum Gasteiger partial charge on any atom is 0.253 e. The fraction of sp³-hybridized carbons (Fsp3) is 0.500. The van der Waals surface area contributed by atoms with Crippen molar-refractivity contribution >= 4 is 5.91 Å². The first kappa shape index (κ1) is 14.4. The summed E-state index contributed by atoms with van der Waals surface area (Å²) in [6, 6.07) is 7.80. The molecule has 2 aliphatic rings. The summed E-state index contributed by atoms with van der Waals surface area (Å²) in [6.45, 7) is 3.60. The number of rotatable bonds is 4. The molecule has 5 nitrogen and oxygen atoms in total. The lowest BCUT2D eigenvalue weighted by Crippen LogP contribution is -2.29. The third-order valence-electron chi connectivity index (χ3n) is 4.72. The van der Waals surface area contributed by atoms with Crippen LogP contribution in [0.2, 0.25) is 0 Å². The van der Waals surface area contributed by atoms with Gasteiger partial charge in [-0.2, -0.15) is 4.98 Å². The second-order valence-electron chi connectivity index (χ2n) is 6.80. The zero-order valence-electron chi connectivity index (χ0n) is 13.4. The molecule has 0 radical (unpaired) electrons. The first-order chi connectivity index (χ1) is 11.2. The Labute approximate surface area is 135 Å². The predicted molar refractivity (Wildman–Crippen MR) is 85.2 cm³/mol. The predicted octanol–water partition coefficient (Wildman–Crippen LogP) is 2.96. The van der Waals surface area contributed by atoms with Crippen LogP contribution in [-0.4, -0.2) is 34.0 Å². The molecule has 4 rings (SSSR count). The number of carbonyl (C=O) groups excluding carboxylic acids is 1. The minimum absolute atomic E-state index is 0.128. The number of nitrogens with zero attached hydrogens (tertiary/aromatic N) is 3. The highest BCUT2D eigenvalue weighted by Gasteiger charge is 2.31. The molecule has 1 aromatic carbocycles. The summed E-state index contributed by atoms with van der Waals surface area (Å²) in [5.41, 5.74) is 1.90. The highest BCUT2D eigenvalue weighted by molar-refractivity contribution is 5.94. The van der Waals surface area contributed by atoms with Crippen LogP contribution in [0.1, 0.15) is 52.8 Å². The average Bonchev–Trinajstić information content (AvgIpc) is 3.12. The van der Waals surface area contributed by atoms with E-state index in [-0.39, 0.29) is 5.91 Å². The maximum atomic E-state index is 12.6. The van der Waals surface area contributed by atoms with Crippen molar-refractivity contribution in [3.63, 3.8) is 0 Å². The van der Waals surface area contributed by atoms with Crippen LogP contribution in [0, 0.1) is 12.8 Å². The number of aromatic nitrogens is 2. The molecule has 5 heteroatoms. The molecule has 0 N–H and O–H groups in total. The lowest BCUT2D eigenvalue weighted by molar-refractivity contribution is 0.0787. The number of carbonyl (C=O) groups is 1. The number of hydrogen-bond acceptors (Lipinski definition) is 4. The Hall–Kier alpha value is -2.17. The average molecular weight is 311 g/mol. The SMILES string of the molecule is Cc1cccc(C(=O)N2CCC(Cc3noc(C4CC4)n3)C2)c1. The summed E-state index contributed by atoms with van der Waals surface area (Å²) < 4.78 is 5.31. The van der Waals surface area contributed by atoms with Crippen LogP contribution in [0.15, 0.2) is 28.8 Å². The van der Waals surface area contributed by atoms with E-state index in [0.29, 0.717) is 11.8 Å². The van der Waals surface area contributed by atoms with Crippen LogP contribution in [0.5, 0.6) is 0 Å². The molecule has 2 fully saturated rings. The summed E-state index contributed by atoms with van der Waals surface area (Å²) in [5.74, 6) is 2.64. The van der Waals surface area contributed by atoms with E-state index in [0.717, 1.165) is 48.8 Å². The minimum Gasteiger partial charge on any atom is -0.339 e. The molecule has 1 aliphatic heterocycles. The molecule has 1 amide bonds. The number of benzene rings is 1. The molecule has 2 heterocycles. The van der Waals surface area contributed by atoms with Gasteiger partial charge in [-0.15, -0.1) is 0 Å². The lowest BCUT2D eigenvalue weighted by atomic mass is 10.0. The second-order valence-corrected chi connectivity index (χ2v) is 6.80. The summed E-state index contributed by atoms with van der Waals surface area (Å²) in [6.07, 6.45) is 4.15. The fourth-order valence-corrected chi connectivity index (χ4v) is 3.25. The first-order valence-electron chi connectivity index (χ1n) is 8.37. The summed E-state index contributed by atoms with van der Waals surface area (Å²) in [4.78, 5) is 19.0. The van der Waals surface area contributed by atoms with Crippen molar-refractivity contribution in [2.45, 2.75) is 38.5 Å². The van der Waals surface area contributed by atoms with E-state index in [9.17, 15) is 4.79 Å². The van der Waals surface area contributed by atoms with Gasteiger partial charge in [0.1, 0.15) is 0 Å². The van der Waals surface area contributed by atoms with E-state index in [1.165, 1.54) is 12.8 Å². The molecule has 1 unspecified atom stereocenters. The van der Waals surface area contributed by atoms with Crippen molar-refractivity contribution in [3.05, 3.63) is 47.1 Å². The quantitative estimate of drug-likeness (QED) is 0.871. The normalized spacial score (nSPS) is 20.9. The molecule has 2 aromatic rings. The van der Waals surface area contributed by atoms with Crippen LogP contribution in [0.25, 0.3) is 0 Å². The van der Waals surface area contributed by atoms with E-state index >= 15 is 0 Å². The Kier molecular flexibility index (Phi) is 3.63. The highest BCUT2D eigenvalue weighted by Crippen LogP contribution is 2.39. The first-order valence-corrected chi connectivity index (χ1v) is 8.37. The van der Waals surface area contributed by atoms with Gasteiger partial charge in [0.25, 0.3) is 5.91 Å². The number of amides is 1.